The van der Waals surface area contributed by atoms with Crippen LogP contribution in [0.15, 0.2) is 12.3 Å². The van der Waals surface area contributed by atoms with Gasteiger partial charge < -0.3 is 14.2 Å². The van der Waals surface area contributed by atoms with Gasteiger partial charge in [-0.2, -0.15) is 5.10 Å². The lowest BCUT2D eigenvalue weighted by Gasteiger charge is -2.46. The Morgan fingerprint density at radius 1 is 1.25 bits per heavy atom. The normalized spacial score (nSPS) is 31.4. The van der Waals surface area contributed by atoms with Gasteiger partial charge in [-0.3, -0.25) is 9.58 Å². The third-order valence-corrected chi connectivity index (χ3v) is 5.82. The molecule has 3 saturated heterocycles. The molecule has 6 nitrogen and oxygen atoms in total. The van der Waals surface area contributed by atoms with Crippen molar-refractivity contribution < 1.29 is 14.2 Å². The first-order valence-electron chi connectivity index (χ1n) is 9.29. The van der Waals surface area contributed by atoms with Crippen molar-refractivity contribution in [2.45, 2.75) is 37.4 Å². The molecule has 0 radical (unpaired) electrons. The molecule has 2 atom stereocenters. The molecular formula is C18H29N3O3. The van der Waals surface area contributed by atoms with E-state index in [1.807, 2.05) is 17.9 Å². The summed E-state index contributed by atoms with van der Waals surface area (Å²) in [5, 5.41) is 4.33. The maximum atomic E-state index is 6.18. The van der Waals surface area contributed by atoms with Crippen LogP contribution in [-0.4, -0.2) is 66.3 Å². The van der Waals surface area contributed by atoms with Gasteiger partial charge in [0.15, 0.2) is 0 Å². The highest BCUT2D eigenvalue weighted by atomic mass is 16.5. The molecule has 0 aromatic carbocycles. The van der Waals surface area contributed by atoms with Gasteiger partial charge in [0.2, 0.25) is 0 Å². The fourth-order valence-corrected chi connectivity index (χ4v) is 4.48. The molecule has 0 unspecified atom stereocenters. The molecule has 1 aromatic heterocycles. The summed E-state index contributed by atoms with van der Waals surface area (Å²) in [6.07, 6.45) is 6.47. The molecule has 4 heterocycles. The molecule has 1 aromatic rings. The minimum absolute atomic E-state index is 0.0219. The maximum absolute atomic E-state index is 6.18. The monoisotopic (exact) mass is 335 g/mol. The minimum atomic E-state index is 0.0219. The quantitative estimate of drug-likeness (QED) is 0.842. The Morgan fingerprint density at radius 3 is 2.92 bits per heavy atom. The van der Waals surface area contributed by atoms with Gasteiger partial charge in [-0.15, -0.1) is 0 Å². The number of morpholine rings is 1. The van der Waals surface area contributed by atoms with Crippen LogP contribution in [0.25, 0.3) is 0 Å². The van der Waals surface area contributed by atoms with Crippen LogP contribution >= 0.6 is 0 Å². The molecule has 0 amide bonds. The van der Waals surface area contributed by atoms with Crippen molar-refractivity contribution in [3.63, 3.8) is 0 Å². The first kappa shape index (κ1) is 16.5. The van der Waals surface area contributed by atoms with Gasteiger partial charge >= 0.3 is 0 Å². The summed E-state index contributed by atoms with van der Waals surface area (Å²) in [5.41, 5.74) is 1.22. The predicted molar refractivity (Wildman–Crippen MR) is 89.8 cm³/mol. The van der Waals surface area contributed by atoms with Gasteiger partial charge in [-0.05, 0) is 18.9 Å². The lowest BCUT2D eigenvalue weighted by Crippen LogP contribution is -2.55. The smallest absolute Gasteiger partial charge is 0.103 e. The van der Waals surface area contributed by atoms with E-state index in [0.717, 1.165) is 65.3 Å². The fraction of sp³-hybridized carbons (Fsp3) is 0.833. The van der Waals surface area contributed by atoms with Crippen LogP contribution in [0.4, 0.5) is 0 Å². The summed E-state index contributed by atoms with van der Waals surface area (Å²) in [5.74, 6) is 0.532. The van der Waals surface area contributed by atoms with Crippen LogP contribution in [0, 0.1) is 5.92 Å². The van der Waals surface area contributed by atoms with Gasteiger partial charge in [0.25, 0.3) is 0 Å². The first-order chi connectivity index (χ1) is 11.8. The third kappa shape index (κ3) is 3.38. The molecule has 0 aliphatic carbocycles. The molecule has 24 heavy (non-hydrogen) atoms. The van der Waals surface area contributed by atoms with Crippen molar-refractivity contribution in [1.82, 2.24) is 14.7 Å². The first-order valence-corrected chi connectivity index (χ1v) is 9.29. The third-order valence-electron chi connectivity index (χ3n) is 5.82. The molecule has 0 bridgehead atoms. The van der Waals surface area contributed by atoms with Crippen LogP contribution in [-0.2, 0) is 21.3 Å². The summed E-state index contributed by atoms with van der Waals surface area (Å²) in [6, 6.07) is 2.10. The van der Waals surface area contributed by atoms with Crippen LogP contribution < -0.4 is 0 Å². The Balaban J connectivity index is 1.43. The van der Waals surface area contributed by atoms with Gasteiger partial charge in [-0.25, -0.2) is 0 Å². The van der Waals surface area contributed by atoms with Crippen molar-refractivity contribution in [3.05, 3.63) is 18.0 Å². The highest BCUT2D eigenvalue weighted by molar-refractivity contribution is 5.07. The lowest BCUT2D eigenvalue weighted by molar-refractivity contribution is -0.159. The zero-order valence-corrected chi connectivity index (χ0v) is 14.7. The van der Waals surface area contributed by atoms with E-state index in [9.17, 15) is 0 Å². The second kappa shape index (κ2) is 7.12. The van der Waals surface area contributed by atoms with Gasteiger partial charge in [0, 0.05) is 71.5 Å². The second-order valence-corrected chi connectivity index (χ2v) is 7.45. The molecular weight excluding hydrogens is 306 g/mol. The lowest BCUT2D eigenvalue weighted by atomic mass is 9.88. The molecule has 3 aliphatic rings. The fourth-order valence-electron chi connectivity index (χ4n) is 4.48. The Labute approximate surface area is 144 Å². The summed E-state index contributed by atoms with van der Waals surface area (Å²) in [6.45, 7) is 6.50. The summed E-state index contributed by atoms with van der Waals surface area (Å²) >= 11 is 0. The van der Waals surface area contributed by atoms with E-state index in [0.29, 0.717) is 5.92 Å². The van der Waals surface area contributed by atoms with Gasteiger partial charge in [-0.1, -0.05) is 0 Å². The Bertz CT molecular complexity index is 536. The number of aromatic nitrogens is 2. The van der Waals surface area contributed by atoms with E-state index < -0.39 is 0 Å². The number of hydrogen-bond acceptors (Lipinski definition) is 5. The number of rotatable bonds is 3. The van der Waals surface area contributed by atoms with Gasteiger partial charge in [0.05, 0.1) is 17.9 Å². The molecule has 4 rings (SSSR count). The highest BCUT2D eigenvalue weighted by Gasteiger charge is 2.40. The van der Waals surface area contributed by atoms with E-state index in [-0.39, 0.29) is 11.7 Å². The van der Waals surface area contributed by atoms with Crippen molar-refractivity contribution in [3.8, 4) is 0 Å². The molecule has 1 spiro atoms. The largest absolute Gasteiger partial charge is 0.381 e. The molecule has 0 N–H and O–H groups in total. The molecule has 3 aliphatic heterocycles. The average molecular weight is 335 g/mol. The zero-order chi connectivity index (χ0) is 16.4. The van der Waals surface area contributed by atoms with Crippen molar-refractivity contribution in [2.24, 2.45) is 13.0 Å². The molecule has 134 valence electrons. The van der Waals surface area contributed by atoms with E-state index >= 15 is 0 Å². The van der Waals surface area contributed by atoms with Crippen LogP contribution in [0.2, 0.25) is 0 Å². The van der Waals surface area contributed by atoms with E-state index in [2.05, 4.69) is 16.1 Å². The van der Waals surface area contributed by atoms with E-state index in [4.69, 9.17) is 14.2 Å². The maximum Gasteiger partial charge on any atom is 0.103 e. The average Bonchev–Trinajstić information content (AvgIpc) is 3.02. The summed E-state index contributed by atoms with van der Waals surface area (Å²) < 4.78 is 19.8. The molecule has 6 heteroatoms. The van der Waals surface area contributed by atoms with Crippen molar-refractivity contribution in [1.29, 1.82) is 0 Å². The predicted octanol–water partition coefficient (Wildman–Crippen LogP) is 1.77. The highest BCUT2D eigenvalue weighted by Crippen LogP contribution is 2.36. The number of ether oxygens (including phenoxy) is 3. The van der Waals surface area contributed by atoms with Gasteiger partial charge in [0.1, 0.15) is 6.10 Å². The zero-order valence-electron chi connectivity index (χ0n) is 14.7. The topological polar surface area (TPSA) is 48.8 Å². The molecule has 3 fully saturated rings. The number of hydrogen-bond donors (Lipinski definition) is 0. The van der Waals surface area contributed by atoms with Crippen LogP contribution in [0.3, 0.4) is 0 Å². The van der Waals surface area contributed by atoms with E-state index in [1.165, 1.54) is 12.1 Å². The Morgan fingerprint density at radius 2 is 2.12 bits per heavy atom. The summed E-state index contributed by atoms with van der Waals surface area (Å²) in [7, 11) is 2.01. The SMILES string of the molecule is Cn1nccc1[C@@H]1OCCC[C@H]1CN1CCOC2(CCOCC2)C1. The second-order valence-electron chi connectivity index (χ2n) is 7.45. The van der Waals surface area contributed by atoms with Crippen LogP contribution in [0.1, 0.15) is 37.5 Å². The Kier molecular flexibility index (Phi) is 4.90. The number of aryl methyl sites for hydroxylation is 1. The van der Waals surface area contributed by atoms with Crippen molar-refractivity contribution >= 4 is 0 Å². The Hall–Kier alpha value is -0.950. The minimum Gasteiger partial charge on any atom is -0.381 e. The van der Waals surface area contributed by atoms with Crippen molar-refractivity contribution in [2.75, 3.05) is 46.1 Å². The van der Waals surface area contributed by atoms with Crippen LogP contribution in [0.5, 0.6) is 0 Å². The van der Waals surface area contributed by atoms with E-state index in [1.54, 1.807) is 0 Å². The standard InChI is InChI=1S/C18H29N3O3/c1-20-16(4-7-19-20)17-15(3-2-9-23-17)13-21-8-12-24-18(14-21)5-10-22-11-6-18/h4,7,15,17H,2-3,5-6,8-14H2,1H3/t15-,17+/m0/s1. The molecule has 0 saturated carbocycles. The number of nitrogens with zero attached hydrogens (tertiary/aromatic N) is 3. The summed E-state index contributed by atoms with van der Waals surface area (Å²) in [4.78, 5) is 2.59.